The van der Waals surface area contributed by atoms with E-state index in [1.165, 1.54) is 25.3 Å². The maximum absolute atomic E-state index is 15.7. The van der Waals surface area contributed by atoms with Crippen LogP contribution in [-0.2, 0) is 22.5 Å². The van der Waals surface area contributed by atoms with Crippen LogP contribution < -0.4 is 4.74 Å². The van der Waals surface area contributed by atoms with Crippen LogP contribution in [0.2, 0.25) is 0 Å². The third-order valence-corrected chi connectivity index (χ3v) is 8.00. The zero-order valence-corrected chi connectivity index (χ0v) is 24.8. The Morgan fingerprint density at radius 1 is 1.00 bits per heavy atom. The van der Waals surface area contributed by atoms with E-state index in [0.29, 0.717) is 51.8 Å². The van der Waals surface area contributed by atoms with Gasteiger partial charge in [-0.3, -0.25) is 0 Å². The summed E-state index contributed by atoms with van der Waals surface area (Å²) in [6.07, 6.45) is 2.35. The van der Waals surface area contributed by atoms with Crippen molar-refractivity contribution < 1.29 is 27.8 Å². The molecule has 1 aliphatic rings. The van der Waals surface area contributed by atoms with Crippen LogP contribution in [0.4, 0.5) is 8.78 Å². The van der Waals surface area contributed by atoms with E-state index in [4.69, 9.17) is 24.5 Å². The second kappa shape index (κ2) is 12.8. The molecule has 0 amide bonds. The number of carbonyl (C=O) groups excluding carboxylic acids is 1. The zero-order chi connectivity index (χ0) is 31.5. The summed E-state index contributed by atoms with van der Waals surface area (Å²) >= 11 is 0. The number of imidazole rings is 1. The smallest absolute Gasteiger partial charge is 0.337 e. The number of nitriles is 1. The summed E-state index contributed by atoms with van der Waals surface area (Å²) in [7, 11) is 3.00. The number of esters is 1. The summed E-state index contributed by atoms with van der Waals surface area (Å²) in [5.41, 5.74) is 3.93. The lowest BCUT2D eigenvalue weighted by Crippen LogP contribution is -2.20. The fourth-order valence-corrected chi connectivity index (χ4v) is 5.52. The highest BCUT2D eigenvalue weighted by Crippen LogP contribution is 2.42. The standard InChI is InChI=1S/C35H30F2N4O4/c1-43-20-32(22-8-9-22)41-31-16-25(35(42)44-2)12-13-30(31)39-33(41)17-23-10-11-24(15-28(23)37)29-4-3-5-34(40-29)45-19-26-7-6-21(18-38)14-27(26)36/h3-7,10-16,22,32H,8-9,17,19-20H2,1-2H3. The molecule has 228 valence electrons. The molecule has 5 aromatic rings. The van der Waals surface area contributed by atoms with E-state index >= 15 is 4.39 Å². The molecule has 1 saturated carbocycles. The topological polar surface area (TPSA) is 99.3 Å². The van der Waals surface area contributed by atoms with E-state index in [0.717, 1.165) is 24.4 Å². The van der Waals surface area contributed by atoms with Gasteiger partial charge in [0.2, 0.25) is 5.88 Å². The van der Waals surface area contributed by atoms with Crippen LogP contribution in [0.25, 0.3) is 22.3 Å². The van der Waals surface area contributed by atoms with Gasteiger partial charge in [0.15, 0.2) is 0 Å². The number of benzene rings is 3. The molecular formula is C35H30F2N4O4. The number of hydrogen-bond acceptors (Lipinski definition) is 7. The van der Waals surface area contributed by atoms with E-state index in [9.17, 15) is 9.18 Å². The van der Waals surface area contributed by atoms with Crippen LogP contribution in [0.1, 0.15) is 51.8 Å². The second-order valence-corrected chi connectivity index (χ2v) is 11.0. The molecule has 8 nitrogen and oxygen atoms in total. The minimum absolute atomic E-state index is 0.00470. The summed E-state index contributed by atoms with van der Waals surface area (Å²) < 4.78 is 48.3. The summed E-state index contributed by atoms with van der Waals surface area (Å²) in [5.74, 6) is -0.0489. The first-order valence-corrected chi connectivity index (χ1v) is 14.5. The number of aromatic nitrogens is 3. The van der Waals surface area contributed by atoms with Crippen molar-refractivity contribution in [2.45, 2.75) is 31.9 Å². The number of pyridine rings is 1. The maximum Gasteiger partial charge on any atom is 0.337 e. The predicted octanol–water partition coefficient (Wildman–Crippen LogP) is 6.80. The highest BCUT2D eigenvalue weighted by atomic mass is 19.1. The molecule has 3 aromatic carbocycles. The van der Waals surface area contributed by atoms with Crippen LogP contribution in [-0.4, -0.2) is 41.3 Å². The van der Waals surface area contributed by atoms with Gasteiger partial charge in [-0.05, 0) is 66.8 Å². The van der Waals surface area contributed by atoms with Crippen LogP contribution in [0.5, 0.6) is 5.88 Å². The fourth-order valence-electron chi connectivity index (χ4n) is 5.52. The Hall–Kier alpha value is -5.14. The molecular weight excluding hydrogens is 578 g/mol. The van der Waals surface area contributed by atoms with E-state index in [1.807, 2.05) is 6.07 Å². The Balaban J connectivity index is 1.26. The van der Waals surface area contributed by atoms with Gasteiger partial charge in [-0.25, -0.2) is 23.5 Å². The van der Waals surface area contributed by atoms with Crippen LogP contribution in [0.15, 0.2) is 72.8 Å². The van der Waals surface area contributed by atoms with Gasteiger partial charge in [-0.15, -0.1) is 0 Å². The molecule has 0 N–H and O–H groups in total. The van der Waals surface area contributed by atoms with Crippen molar-refractivity contribution in [1.29, 1.82) is 5.26 Å². The first kappa shape index (κ1) is 29.9. The minimum atomic E-state index is -0.536. The zero-order valence-electron chi connectivity index (χ0n) is 24.8. The van der Waals surface area contributed by atoms with Crippen LogP contribution in [0, 0.1) is 28.9 Å². The molecule has 1 atom stereocenters. The summed E-state index contributed by atoms with van der Waals surface area (Å²) in [6.45, 7) is 0.392. The first-order chi connectivity index (χ1) is 21.9. The SMILES string of the molecule is COCC(C1CC1)n1c(Cc2ccc(-c3cccc(OCc4ccc(C#N)cc4F)n3)cc2F)nc2ccc(C(=O)OC)cc21. The number of carbonyl (C=O) groups is 1. The Bertz CT molecular complexity index is 1930. The van der Waals surface area contributed by atoms with Gasteiger partial charge in [-0.2, -0.15) is 5.26 Å². The Kier molecular flexibility index (Phi) is 8.54. The number of nitrogens with zero attached hydrogens (tertiary/aromatic N) is 4. The minimum Gasteiger partial charge on any atom is -0.473 e. The summed E-state index contributed by atoms with van der Waals surface area (Å²) in [4.78, 5) is 21.6. The second-order valence-electron chi connectivity index (χ2n) is 11.0. The molecule has 0 radical (unpaired) electrons. The lowest BCUT2D eigenvalue weighted by Gasteiger charge is -2.21. The average molecular weight is 609 g/mol. The van der Waals surface area contributed by atoms with Crippen molar-refractivity contribution >= 4 is 17.0 Å². The quantitative estimate of drug-likeness (QED) is 0.152. The Morgan fingerprint density at radius 3 is 2.51 bits per heavy atom. The molecule has 6 rings (SSSR count). The molecule has 0 aliphatic heterocycles. The van der Waals surface area contributed by atoms with Crippen molar-refractivity contribution in [2.24, 2.45) is 5.92 Å². The van der Waals surface area contributed by atoms with Crippen molar-refractivity contribution in [1.82, 2.24) is 14.5 Å². The van der Waals surface area contributed by atoms with Crippen molar-refractivity contribution in [3.8, 4) is 23.2 Å². The molecule has 1 aliphatic carbocycles. The van der Waals surface area contributed by atoms with Crippen molar-refractivity contribution in [3.05, 3.63) is 113 Å². The molecule has 0 bridgehead atoms. The molecule has 0 saturated heterocycles. The third-order valence-electron chi connectivity index (χ3n) is 8.00. The molecule has 2 heterocycles. The van der Waals surface area contributed by atoms with Gasteiger partial charge in [-0.1, -0.05) is 24.3 Å². The monoisotopic (exact) mass is 608 g/mol. The molecule has 10 heteroatoms. The van der Waals surface area contributed by atoms with E-state index < -0.39 is 17.6 Å². The highest BCUT2D eigenvalue weighted by molar-refractivity contribution is 5.93. The number of halogens is 2. The van der Waals surface area contributed by atoms with E-state index in [1.54, 1.807) is 55.6 Å². The van der Waals surface area contributed by atoms with Gasteiger partial charge in [0, 0.05) is 30.7 Å². The van der Waals surface area contributed by atoms with Gasteiger partial charge in [0.05, 0.1) is 53.7 Å². The molecule has 45 heavy (non-hydrogen) atoms. The largest absolute Gasteiger partial charge is 0.473 e. The van der Waals surface area contributed by atoms with Crippen LogP contribution in [0.3, 0.4) is 0 Å². The molecule has 2 aromatic heterocycles. The van der Waals surface area contributed by atoms with Crippen LogP contribution >= 0.6 is 0 Å². The number of fused-ring (bicyclic) bond motifs is 1. The van der Waals surface area contributed by atoms with E-state index in [2.05, 4.69) is 9.55 Å². The fraction of sp³-hybridized carbons (Fsp3) is 0.257. The van der Waals surface area contributed by atoms with Gasteiger partial charge < -0.3 is 18.8 Å². The lowest BCUT2D eigenvalue weighted by atomic mass is 10.0. The Morgan fingerprint density at radius 2 is 1.80 bits per heavy atom. The van der Waals surface area contributed by atoms with Crippen molar-refractivity contribution in [3.63, 3.8) is 0 Å². The van der Waals surface area contributed by atoms with Gasteiger partial charge >= 0.3 is 5.97 Å². The molecule has 1 unspecified atom stereocenters. The lowest BCUT2D eigenvalue weighted by molar-refractivity contribution is 0.0601. The maximum atomic E-state index is 15.7. The number of hydrogen-bond donors (Lipinski definition) is 0. The molecule has 1 fully saturated rings. The van der Waals surface area contributed by atoms with E-state index in [-0.39, 0.29) is 30.5 Å². The predicted molar refractivity (Wildman–Crippen MR) is 163 cm³/mol. The number of ether oxygens (including phenoxy) is 3. The number of rotatable bonds is 11. The Labute approximate surface area is 258 Å². The van der Waals surface area contributed by atoms with Gasteiger partial charge in [0.25, 0.3) is 0 Å². The number of methoxy groups -OCH3 is 2. The highest BCUT2D eigenvalue weighted by Gasteiger charge is 2.35. The summed E-state index contributed by atoms with van der Waals surface area (Å²) in [6, 6.07) is 21.4. The normalized spacial score (nSPS) is 13.4. The van der Waals surface area contributed by atoms with Crippen molar-refractivity contribution in [2.75, 3.05) is 20.8 Å². The third kappa shape index (κ3) is 6.40. The summed E-state index contributed by atoms with van der Waals surface area (Å²) in [5, 5.41) is 8.94. The van der Waals surface area contributed by atoms with Gasteiger partial charge in [0.1, 0.15) is 24.1 Å². The average Bonchev–Trinajstić information content (AvgIpc) is 3.84. The molecule has 0 spiro atoms. The first-order valence-electron chi connectivity index (χ1n) is 14.5.